The Morgan fingerprint density at radius 2 is 1.61 bits per heavy atom. The fourth-order valence-corrected chi connectivity index (χ4v) is 4.67. The third-order valence-corrected chi connectivity index (χ3v) is 6.47. The summed E-state index contributed by atoms with van der Waals surface area (Å²) in [5, 5.41) is 2.87. The highest BCUT2D eigenvalue weighted by Crippen LogP contribution is 2.35. The van der Waals surface area contributed by atoms with Gasteiger partial charge in [0.25, 0.3) is 0 Å². The summed E-state index contributed by atoms with van der Waals surface area (Å²) in [6, 6.07) is 3.71. The molecule has 0 spiro atoms. The molecule has 0 unspecified atom stereocenters. The Kier molecular flexibility index (Phi) is 6.47. The van der Waals surface area contributed by atoms with Crippen LogP contribution in [0.3, 0.4) is 0 Å². The number of alkyl halides is 3. The number of nitrogens with zero attached hydrogens (tertiary/aromatic N) is 2. The number of rotatable bonds is 4. The summed E-state index contributed by atoms with van der Waals surface area (Å²) in [5.41, 5.74) is -1.56. The van der Waals surface area contributed by atoms with Crippen molar-refractivity contribution >= 4 is 15.9 Å². The Balaban J connectivity index is 2.12. The average Bonchev–Trinajstić information content (AvgIpc) is 2.59. The maximum absolute atomic E-state index is 13.2. The molecule has 0 saturated carbocycles. The van der Waals surface area contributed by atoms with Gasteiger partial charge in [-0.1, -0.05) is 12.1 Å². The molecule has 10 heteroatoms. The molecule has 0 radical (unpaired) electrons. The molecule has 1 N–H and O–H groups in total. The monoisotopic (exact) mass is 421 g/mol. The maximum Gasteiger partial charge on any atom is 0.417 e. The number of carbonyl (C=O) groups is 1. The van der Waals surface area contributed by atoms with Crippen molar-refractivity contribution in [1.82, 2.24) is 14.5 Å². The van der Waals surface area contributed by atoms with Crippen LogP contribution in [0.4, 0.5) is 13.2 Å². The van der Waals surface area contributed by atoms with E-state index in [2.05, 4.69) is 5.32 Å². The van der Waals surface area contributed by atoms with Gasteiger partial charge in [0.2, 0.25) is 15.9 Å². The molecule has 158 valence electrons. The first-order valence-electron chi connectivity index (χ1n) is 8.96. The molecule has 1 atom stereocenters. The van der Waals surface area contributed by atoms with Crippen LogP contribution < -0.4 is 5.32 Å². The van der Waals surface area contributed by atoms with E-state index in [1.54, 1.807) is 6.92 Å². The molecule has 0 aliphatic carbocycles. The van der Waals surface area contributed by atoms with Gasteiger partial charge >= 0.3 is 6.18 Å². The fraction of sp³-hybridized carbons (Fsp3) is 0.611. The number of hydrogen-bond donors (Lipinski definition) is 1. The van der Waals surface area contributed by atoms with E-state index in [1.165, 1.54) is 6.07 Å². The van der Waals surface area contributed by atoms with Crippen LogP contribution in [0, 0.1) is 0 Å². The van der Waals surface area contributed by atoms with Gasteiger partial charge in [0.1, 0.15) is 0 Å². The van der Waals surface area contributed by atoms with Gasteiger partial charge in [0.15, 0.2) is 0 Å². The second-order valence-corrected chi connectivity index (χ2v) is 9.76. The van der Waals surface area contributed by atoms with Crippen molar-refractivity contribution in [3.63, 3.8) is 0 Å². The lowest BCUT2D eigenvalue weighted by Gasteiger charge is -2.37. The number of carbonyl (C=O) groups excluding carboxylic acids is 1. The molecule has 1 aliphatic rings. The van der Waals surface area contributed by atoms with E-state index in [0.29, 0.717) is 0 Å². The highest BCUT2D eigenvalue weighted by molar-refractivity contribution is 7.89. The van der Waals surface area contributed by atoms with E-state index < -0.39 is 38.2 Å². The number of amides is 1. The maximum atomic E-state index is 13.2. The van der Waals surface area contributed by atoms with E-state index in [1.807, 2.05) is 25.7 Å². The normalized spacial score (nSPS) is 18.7. The Hall–Kier alpha value is -1.65. The minimum atomic E-state index is -4.76. The van der Waals surface area contributed by atoms with Crippen LogP contribution in [0.2, 0.25) is 0 Å². The smallest absolute Gasteiger partial charge is 0.350 e. The fourth-order valence-electron chi connectivity index (χ4n) is 3.04. The average molecular weight is 421 g/mol. The van der Waals surface area contributed by atoms with Gasteiger partial charge in [-0.3, -0.25) is 9.69 Å². The van der Waals surface area contributed by atoms with E-state index in [0.717, 1.165) is 22.5 Å². The van der Waals surface area contributed by atoms with Crippen LogP contribution in [0.5, 0.6) is 0 Å². The van der Waals surface area contributed by atoms with Crippen molar-refractivity contribution < 1.29 is 26.4 Å². The van der Waals surface area contributed by atoms with Crippen molar-refractivity contribution in [3.05, 3.63) is 29.8 Å². The summed E-state index contributed by atoms with van der Waals surface area (Å²) in [5.74, 6) is -0.175. The SMILES string of the molecule is C[C@H](C(=O)NC(C)(C)C)N1CCN(S(=O)(=O)c2ccccc2C(F)(F)F)CC1. The van der Waals surface area contributed by atoms with Crippen molar-refractivity contribution in [3.8, 4) is 0 Å². The first kappa shape index (κ1) is 22.6. The Labute approximate surface area is 163 Å². The molecule has 1 aromatic rings. The third kappa shape index (κ3) is 5.24. The molecule has 1 saturated heterocycles. The molecule has 2 rings (SSSR count). The summed E-state index contributed by atoms with van der Waals surface area (Å²) in [6.45, 7) is 7.85. The summed E-state index contributed by atoms with van der Waals surface area (Å²) in [6.07, 6.45) is -4.76. The number of halogens is 3. The molecule has 6 nitrogen and oxygen atoms in total. The largest absolute Gasteiger partial charge is 0.417 e. The van der Waals surface area contributed by atoms with Crippen molar-refractivity contribution in [2.24, 2.45) is 0 Å². The van der Waals surface area contributed by atoms with Crippen LogP contribution in [0.25, 0.3) is 0 Å². The molecular formula is C18H26F3N3O3S. The molecule has 0 bridgehead atoms. The van der Waals surface area contributed by atoms with E-state index >= 15 is 0 Å². The topological polar surface area (TPSA) is 69.7 Å². The highest BCUT2D eigenvalue weighted by Gasteiger charge is 2.40. The van der Waals surface area contributed by atoms with Crippen molar-refractivity contribution in [2.75, 3.05) is 26.2 Å². The first-order valence-corrected chi connectivity index (χ1v) is 10.4. The zero-order chi connectivity index (χ0) is 21.3. The number of piperazine rings is 1. The number of sulfonamides is 1. The highest BCUT2D eigenvalue weighted by atomic mass is 32.2. The number of hydrogen-bond acceptors (Lipinski definition) is 4. The van der Waals surface area contributed by atoms with Crippen LogP contribution >= 0.6 is 0 Å². The van der Waals surface area contributed by atoms with Gasteiger partial charge in [-0.15, -0.1) is 0 Å². The lowest BCUT2D eigenvalue weighted by Crippen LogP contribution is -2.56. The van der Waals surface area contributed by atoms with E-state index in [9.17, 15) is 26.4 Å². The molecule has 1 aromatic carbocycles. The van der Waals surface area contributed by atoms with Crippen LogP contribution in [-0.4, -0.2) is 61.3 Å². The zero-order valence-corrected chi connectivity index (χ0v) is 17.2. The van der Waals surface area contributed by atoms with Crippen molar-refractivity contribution in [2.45, 2.75) is 50.3 Å². The molecule has 1 amide bonds. The minimum Gasteiger partial charge on any atom is -0.350 e. The molecule has 1 fully saturated rings. The second-order valence-electron chi connectivity index (χ2n) is 7.85. The van der Waals surface area contributed by atoms with Gasteiger partial charge < -0.3 is 5.32 Å². The molecule has 28 heavy (non-hydrogen) atoms. The predicted octanol–water partition coefficient (Wildman–Crippen LogP) is 2.31. The lowest BCUT2D eigenvalue weighted by molar-refractivity contribution is -0.140. The lowest BCUT2D eigenvalue weighted by atomic mass is 10.1. The van der Waals surface area contributed by atoms with Crippen molar-refractivity contribution in [1.29, 1.82) is 0 Å². The van der Waals surface area contributed by atoms with Gasteiger partial charge in [-0.25, -0.2) is 8.42 Å². The van der Waals surface area contributed by atoms with Crippen LogP contribution in [0.15, 0.2) is 29.2 Å². The molecule has 0 aromatic heterocycles. The summed E-state index contributed by atoms with van der Waals surface area (Å²) in [4.78, 5) is 13.4. The van der Waals surface area contributed by atoms with Gasteiger partial charge in [-0.2, -0.15) is 17.5 Å². The van der Waals surface area contributed by atoms with Gasteiger partial charge in [0.05, 0.1) is 16.5 Å². The molecule has 1 aliphatic heterocycles. The van der Waals surface area contributed by atoms with Crippen LogP contribution in [0.1, 0.15) is 33.3 Å². The van der Waals surface area contributed by atoms with Crippen LogP contribution in [-0.2, 0) is 21.0 Å². The third-order valence-electron chi connectivity index (χ3n) is 4.51. The Morgan fingerprint density at radius 3 is 2.11 bits per heavy atom. The first-order chi connectivity index (χ1) is 12.7. The standard InChI is InChI=1S/C18H26F3N3O3S/c1-13(16(25)22-17(2,3)4)23-9-11-24(12-10-23)28(26,27)15-8-6-5-7-14(15)18(19,20)21/h5-8,13H,9-12H2,1-4H3,(H,22,25)/t13-/m1/s1. The predicted molar refractivity (Wildman–Crippen MR) is 99.1 cm³/mol. The summed E-state index contributed by atoms with van der Waals surface area (Å²) in [7, 11) is -4.29. The van der Waals surface area contributed by atoms with E-state index in [-0.39, 0.29) is 32.1 Å². The molecular weight excluding hydrogens is 395 g/mol. The van der Waals surface area contributed by atoms with E-state index in [4.69, 9.17) is 0 Å². The minimum absolute atomic E-state index is 0.0155. The quantitative estimate of drug-likeness (QED) is 0.810. The molecule has 1 heterocycles. The number of nitrogens with one attached hydrogen (secondary N) is 1. The van der Waals surface area contributed by atoms with Gasteiger partial charge in [-0.05, 0) is 39.8 Å². The van der Waals surface area contributed by atoms with Gasteiger partial charge in [0, 0.05) is 31.7 Å². The Bertz CT molecular complexity index is 811. The second kappa shape index (κ2) is 8.00. The number of benzene rings is 1. The summed E-state index contributed by atoms with van der Waals surface area (Å²) >= 11 is 0. The summed E-state index contributed by atoms with van der Waals surface area (Å²) < 4.78 is 66.2. The zero-order valence-electron chi connectivity index (χ0n) is 16.4. The Morgan fingerprint density at radius 1 is 1.07 bits per heavy atom.